The number of benzene rings is 4. The molecule has 0 aliphatic carbocycles. The first kappa shape index (κ1) is 18.7. The molecular weight excluding hydrogens is 396 g/mol. The largest absolute Gasteiger partial charge is 0.409 e. The first-order chi connectivity index (χ1) is 14.4. The van der Waals surface area contributed by atoms with Crippen LogP contribution in [0.3, 0.4) is 0 Å². The Kier molecular flexibility index (Phi) is 4.10. The van der Waals surface area contributed by atoms with Crippen LogP contribution in [0.25, 0.3) is 21.9 Å². The van der Waals surface area contributed by atoms with E-state index in [1.165, 1.54) is 0 Å². The van der Waals surface area contributed by atoms with Crippen molar-refractivity contribution in [3.63, 3.8) is 0 Å². The molecule has 0 unspecified atom stereocenters. The molecule has 0 atom stereocenters. The number of anilines is 1. The number of fused-ring (bicyclic) bond motifs is 5. The summed E-state index contributed by atoms with van der Waals surface area (Å²) >= 11 is 0. The van der Waals surface area contributed by atoms with E-state index in [-0.39, 0.29) is 0 Å². The standard InChI is InChI=1S/C23H13BF5N/c1-30-16-9-5-4-8-14(16)17-13-7-3-2-6-12(13)10-11-15(17)24(30)18-19(25)21(27)23(29)22(28)20(18)26/h2-11H,1H3. The third-order valence-corrected chi connectivity index (χ3v) is 5.71. The molecule has 4 aromatic rings. The maximum Gasteiger partial charge on any atom is 0.330 e. The van der Waals surface area contributed by atoms with Crippen molar-refractivity contribution in [2.45, 2.75) is 0 Å². The van der Waals surface area contributed by atoms with Crippen molar-refractivity contribution in [1.29, 1.82) is 0 Å². The highest BCUT2D eigenvalue weighted by atomic mass is 19.2. The van der Waals surface area contributed by atoms with Gasteiger partial charge >= 0.3 is 6.85 Å². The molecule has 1 heterocycles. The molecule has 30 heavy (non-hydrogen) atoms. The van der Waals surface area contributed by atoms with E-state index in [1.807, 2.05) is 36.4 Å². The van der Waals surface area contributed by atoms with Crippen LogP contribution < -0.4 is 15.7 Å². The number of nitrogens with zero attached hydrogens (tertiary/aromatic N) is 1. The average Bonchev–Trinajstić information content (AvgIpc) is 2.78. The molecule has 7 heteroatoms. The summed E-state index contributed by atoms with van der Waals surface area (Å²) in [5.74, 6) is -9.69. The highest BCUT2D eigenvalue weighted by Crippen LogP contribution is 2.38. The predicted octanol–water partition coefficient (Wildman–Crippen LogP) is 4.76. The van der Waals surface area contributed by atoms with Gasteiger partial charge in [0.15, 0.2) is 29.1 Å². The Balaban J connectivity index is 1.91. The van der Waals surface area contributed by atoms with Gasteiger partial charge in [-0.25, -0.2) is 22.0 Å². The van der Waals surface area contributed by atoms with Gasteiger partial charge in [-0.05, 0) is 34.9 Å². The lowest BCUT2D eigenvalue weighted by atomic mass is 9.45. The normalized spacial score (nSPS) is 12.9. The zero-order valence-corrected chi connectivity index (χ0v) is 15.7. The molecule has 0 fully saturated rings. The number of para-hydroxylation sites is 1. The molecule has 0 amide bonds. The van der Waals surface area contributed by atoms with Crippen molar-refractivity contribution in [2.24, 2.45) is 0 Å². The smallest absolute Gasteiger partial charge is 0.330 e. The summed E-state index contributed by atoms with van der Waals surface area (Å²) in [5, 5.41) is 1.75. The van der Waals surface area contributed by atoms with Gasteiger partial charge in [0.1, 0.15) is 0 Å². The van der Waals surface area contributed by atoms with Crippen molar-refractivity contribution in [2.75, 3.05) is 11.9 Å². The molecule has 1 nitrogen and oxygen atoms in total. The summed E-state index contributed by atoms with van der Waals surface area (Å²) in [5.41, 5.74) is 1.79. The maximum absolute atomic E-state index is 14.8. The van der Waals surface area contributed by atoms with E-state index >= 15 is 0 Å². The van der Waals surface area contributed by atoms with E-state index in [4.69, 9.17) is 0 Å². The molecule has 0 aromatic heterocycles. The third kappa shape index (κ3) is 2.41. The molecular formula is C23H13BF5N. The van der Waals surface area contributed by atoms with Gasteiger partial charge in [-0.3, -0.25) is 0 Å². The molecule has 1 aliphatic heterocycles. The van der Waals surface area contributed by atoms with Crippen LogP contribution in [-0.2, 0) is 0 Å². The lowest BCUT2D eigenvalue weighted by molar-refractivity contribution is 0.384. The van der Waals surface area contributed by atoms with Gasteiger partial charge in [0.05, 0.1) is 0 Å². The second kappa shape index (κ2) is 6.59. The second-order valence-corrected chi connectivity index (χ2v) is 7.27. The Morgan fingerprint density at radius 1 is 0.667 bits per heavy atom. The molecule has 0 radical (unpaired) electrons. The molecule has 5 rings (SSSR count). The molecule has 0 saturated carbocycles. The minimum Gasteiger partial charge on any atom is -0.409 e. The summed E-state index contributed by atoms with van der Waals surface area (Å²) in [6.07, 6.45) is 0. The fourth-order valence-corrected chi connectivity index (χ4v) is 4.37. The summed E-state index contributed by atoms with van der Waals surface area (Å²) in [6, 6.07) is 18.2. The first-order valence-corrected chi connectivity index (χ1v) is 9.27. The van der Waals surface area contributed by atoms with Crippen molar-refractivity contribution < 1.29 is 22.0 Å². The van der Waals surface area contributed by atoms with Crippen molar-refractivity contribution >= 4 is 34.2 Å². The summed E-state index contributed by atoms with van der Waals surface area (Å²) < 4.78 is 71.3. The predicted molar refractivity (Wildman–Crippen MR) is 109 cm³/mol. The number of halogens is 5. The third-order valence-electron chi connectivity index (χ3n) is 5.71. The van der Waals surface area contributed by atoms with Crippen LogP contribution >= 0.6 is 0 Å². The lowest BCUT2D eigenvalue weighted by Crippen LogP contribution is -2.60. The zero-order chi connectivity index (χ0) is 21.2. The van der Waals surface area contributed by atoms with E-state index < -0.39 is 41.4 Å². The van der Waals surface area contributed by atoms with Gasteiger partial charge in [0.25, 0.3) is 0 Å². The van der Waals surface area contributed by atoms with Crippen molar-refractivity contribution in [1.82, 2.24) is 0 Å². The Labute approximate surface area is 169 Å². The number of hydrogen-bond donors (Lipinski definition) is 0. The fourth-order valence-electron chi connectivity index (χ4n) is 4.37. The van der Waals surface area contributed by atoms with Crippen LogP contribution in [0.15, 0.2) is 60.7 Å². The maximum atomic E-state index is 14.8. The van der Waals surface area contributed by atoms with E-state index in [2.05, 4.69) is 0 Å². The lowest BCUT2D eigenvalue weighted by Gasteiger charge is -2.36. The van der Waals surface area contributed by atoms with Crippen molar-refractivity contribution in [3.05, 3.63) is 89.7 Å². The number of rotatable bonds is 1. The Bertz CT molecular complexity index is 1310. The van der Waals surface area contributed by atoms with Gasteiger partial charge < -0.3 is 4.81 Å². The SMILES string of the molecule is CN1B(c2c(F)c(F)c(F)c(F)c2F)c2ccc3ccccc3c2-c2ccccc21. The number of hydrogen-bond acceptors (Lipinski definition) is 1. The highest BCUT2D eigenvalue weighted by molar-refractivity contribution is 6.90. The zero-order valence-electron chi connectivity index (χ0n) is 15.7. The van der Waals surface area contributed by atoms with E-state index in [1.54, 1.807) is 36.1 Å². The van der Waals surface area contributed by atoms with Crippen LogP contribution in [0, 0.1) is 29.1 Å². The van der Waals surface area contributed by atoms with Crippen LogP contribution in [0.1, 0.15) is 0 Å². The van der Waals surface area contributed by atoms with E-state index in [0.717, 1.165) is 21.9 Å². The van der Waals surface area contributed by atoms with Gasteiger partial charge in [0, 0.05) is 16.7 Å². The van der Waals surface area contributed by atoms with Crippen LogP contribution in [0.4, 0.5) is 27.6 Å². The molecule has 0 bridgehead atoms. The van der Waals surface area contributed by atoms with Crippen LogP contribution in [0.5, 0.6) is 0 Å². The molecule has 148 valence electrons. The Hall–Kier alpha value is -3.35. The topological polar surface area (TPSA) is 3.24 Å². The molecule has 0 spiro atoms. The van der Waals surface area contributed by atoms with Gasteiger partial charge in [-0.2, -0.15) is 0 Å². The summed E-state index contributed by atoms with van der Waals surface area (Å²) in [7, 11) is 1.58. The summed E-state index contributed by atoms with van der Waals surface area (Å²) in [6.45, 7) is -1.19. The van der Waals surface area contributed by atoms with Gasteiger partial charge in [-0.15, -0.1) is 0 Å². The molecule has 0 saturated heterocycles. The van der Waals surface area contributed by atoms with Crippen LogP contribution in [0.2, 0.25) is 0 Å². The van der Waals surface area contributed by atoms with Gasteiger partial charge in [-0.1, -0.05) is 54.6 Å². The Morgan fingerprint density at radius 3 is 2.00 bits per heavy atom. The monoisotopic (exact) mass is 409 g/mol. The minimum absolute atomic E-state index is 0.470. The van der Waals surface area contributed by atoms with E-state index in [0.29, 0.717) is 11.2 Å². The quantitative estimate of drug-likeness (QED) is 0.190. The molecule has 0 N–H and O–H groups in total. The van der Waals surface area contributed by atoms with Crippen molar-refractivity contribution in [3.8, 4) is 11.1 Å². The molecule has 4 aromatic carbocycles. The first-order valence-electron chi connectivity index (χ1n) is 9.27. The van der Waals surface area contributed by atoms with E-state index in [9.17, 15) is 22.0 Å². The average molecular weight is 409 g/mol. The highest BCUT2D eigenvalue weighted by Gasteiger charge is 2.41. The summed E-state index contributed by atoms with van der Waals surface area (Å²) in [4.78, 5) is 1.55. The Morgan fingerprint density at radius 2 is 1.27 bits per heavy atom. The minimum atomic E-state index is -2.16. The van der Waals surface area contributed by atoms with Crippen LogP contribution in [-0.4, -0.2) is 13.9 Å². The molecule has 1 aliphatic rings. The van der Waals surface area contributed by atoms with Gasteiger partial charge in [0.2, 0.25) is 0 Å². The second-order valence-electron chi connectivity index (χ2n) is 7.27. The fraction of sp³-hybridized carbons (Fsp3) is 0.0435.